The van der Waals surface area contributed by atoms with Gasteiger partial charge in [-0.25, -0.2) is 4.98 Å². The molecule has 1 amide bonds. The number of hydrogen-bond donors (Lipinski definition) is 1. The zero-order valence-electron chi connectivity index (χ0n) is 12.0. The standard InChI is InChI=1S/C14H18N4O2/c1-9(2)12-15-13(17-16-12)14(19)18(3)10-5-7-11(20-4)8-6-10/h5-9H,1-4H3,(H,15,16,17). The highest BCUT2D eigenvalue weighted by Gasteiger charge is 2.19. The van der Waals surface area contributed by atoms with Crippen LogP contribution in [0.3, 0.4) is 0 Å². The van der Waals surface area contributed by atoms with Gasteiger partial charge in [0.2, 0.25) is 5.82 Å². The minimum Gasteiger partial charge on any atom is -0.497 e. The Labute approximate surface area is 117 Å². The topological polar surface area (TPSA) is 71.1 Å². The van der Waals surface area contributed by atoms with Gasteiger partial charge in [0.1, 0.15) is 11.6 Å². The van der Waals surface area contributed by atoms with E-state index in [1.165, 1.54) is 4.90 Å². The van der Waals surface area contributed by atoms with Gasteiger partial charge in [-0.1, -0.05) is 13.8 Å². The van der Waals surface area contributed by atoms with Crippen molar-refractivity contribution >= 4 is 11.6 Å². The zero-order chi connectivity index (χ0) is 14.7. The van der Waals surface area contributed by atoms with Gasteiger partial charge in [-0.05, 0) is 24.3 Å². The van der Waals surface area contributed by atoms with Gasteiger partial charge in [0, 0.05) is 18.7 Å². The Hall–Kier alpha value is -2.37. The predicted octanol–water partition coefficient (Wildman–Crippen LogP) is 2.21. The van der Waals surface area contributed by atoms with Gasteiger partial charge in [-0.2, -0.15) is 0 Å². The molecule has 0 aliphatic heterocycles. The summed E-state index contributed by atoms with van der Waals surface area (Å²) < 4.78 is 5.09. The van der Waals surface area contributed by atoms with Crippen LogP contribution in [0.2, 0.25) is 0 Å². The number of amides is 1. The SMILES string of the molecule is COc1ccc(N(C)C(=O)c2n[nH]c(C(C)C)n2)cc1. The second kappa shape index (κ2) is 5.73. The third-order valence-corrected chi connectivity index (χ3v) is 3.01. The lowest BCUT2D eigenvalue weighted by Gasteiger charge is -2.15. The molecule has 0 saturated heterocycles. The molecule has 0 unspecified atom stereocenters. The number of anilines is 1. The van der Waals surface area contributed by atoms with Crippen molar-refractivity contribution in [3.8, 4) is 5.75 Å². The molecule has 6 nitrogen and oxygen atoms in total. The number of methoxy groups -OCH3 is 1. The number of rotatable bonds is 4. The number of aromatic nitrogens is 3. The number of hydrogen-bond acceptors (Lipinski definition) is 4. The molecule has 106 valence electrons. The van der Waals surface area contributed by atoms with Crippen LogP contribution in [-0.2, 0) is 0 Å². The first kappa shape index (κ1) is 14.0. The molecule has 1 aromatic carbocycles. The van der Waals surface area contributed by atoms with Crippen molar-refractivity contribution in [3.05, 3.63) is 35.9 Å². The summed E-state index contributed by atoms with van der Waals surface area (Å²) in [6.45, 7) is 3.98. The highest BCUT2D eigenvalue weighted by molar-refractivity contribution is 6.03. The summed E-state index contributed by atoms with van der Waals surface area (Å²) in [5.74, 6) is 1.58. The van der Waals surface area contributed by atoms with Gasteiger partial charge >= 0.3 is 0 Å². The normalized spacial score (nSPS) is 10.7. The van der Waals surface area contributed by atoms with E-state index in [2.05, 4.69) is 15.2 Å². The van der Waals surface area contributed by atoms with Gasteiger partial charge in [0.25, 0.3) is 5.91 Å². The largest absolute Gasteiger partial charge is 0.497 e. The van der Waals surface area contributed by atoms with Crippen LogP contribution in [0.1, 0.15) is 36.2 Å². The molecular weight excluding hydrogens is 256 g/mol. The van der Waals surface area contributed by atoms with Gasteiger partial charge < -0.3 is 9.64 Å². The van der Waals surface area contributed by atoms with Crippen molar-refractivity contribution in [2.24, 2.45) is 0 Å². The Morgan fingerprint density at radius 2 is 1.95 bits per heavy atom. The number of ether oxygens (including phenoxy) is 1. The van der Waals surface area contributed by atoms with Crippen LogP contribution in [0.15, 0.2) is 24.3 Å². The highest BCUT2D eigenvalue weighted by atomic mass is 16.5. The second-order valence-corrected chi connectivity index (χ2v) is 4.76. The molecule has 2 aromatic rings. The molecule has 20 heavy (non-hydrogen) atoms. The lowest BCUT2D eigenvalue weighted by molar-refractivity contribution is 0.0983. The number of carbonyl (C=O) groups excluding carboxylic acids is 1. The number of carbonyl (C=O) groups is 1. The molecule has 1 aromatic heterocycles. The van der Waals surface area contributed by atoms with Gasteiger partial charge in [0.05, 0.1) is 7.11 Å². The average molecular weight is 274 g/mol. The van der Waals surface area contributed by atoms with Crippen molar-refractivity contribution in [3.63, 3.8) is 0 Å². The summed E-state index contributed by atoms with van der Waals surface area (Å²) in [6, 6.07) is 7.23. The molecule has 0 atom stereocenters. The molecule has 1 heterocycles. The van der Waals surface area contributed by atoms with Gasteiger partial charge in [-0.15, -0.1) is 5.10 Å². The van der Waals surface area contributed by atoms with Crippen LogP contribution < -0.4 is 9.64 Å². The summed E-state index contributed by atoms with van der Waals surface area (Å²) in [6.07, 6.45) is 0. The zero-order valence-corrected chi connectivity index (χ0v) is 12.0. The van der Waals surface area contributed by atoms with Crippen molar-refractivity contribution in [2.45, 2.75) is 19.8 Å². The maximum atomic E-state index is 12.3. The van der Waals surface area contributed by atoms with E-state index in [1.54, 1.807) is 26.3 Å². The fraction of sp³-hybridized carbons (Fsp3) is 0.357. The molecule has 0 fully saturated rings. The Bertz CT molecular complexity index is 589. The summed E-state index contributed by atoms with van der Waals surface area (Å²) in [5, 5.41) is 6.75. The fourth-order valence-electron chi connectivity index (χ4n) is 1.70. The smallest absolute Gasteiger partial charge is 0.297 e. The van der Waals surface area contributed by atoms with Crippen LogP contribution in [0, 0.1) is 0 Å². The van der Waals surface area contributed by atoms with Crippen molar-refractivity contribution in [1.29, 1.82) is 0 Å². The van der Waals surface area contributed by atoms with Crippen LogP contribution in [-0.4, -0.2) is 35.2 Å². The molecule has 0 aliphatic carbocycles. The van der Waals surface area contributed by atoms with E-state index in [4.69, 9.17) is 4.74 Å². The van der Waals surface area contributed by atoms with Crippen LogP contribution in [0.25, 0.3) is 0 Å². The number of nitrogens with zero attached hydrogens (tertiary/aromatic N) is 3. The van der Waals surface area contributed by atoms with Crippen molar-refractivity contribution in [1.82, 2.24) is 15.2 Å². The number of H-pyrrole nitrogens is 1. The number of benzene rings is 1. The molecule has 0 spiro atoms. The lowest BCUT2D eigenvalue weighted by Crippen LogP contribution is -2.27. The summed E-state index contributed by atoms with van der Waals surface area (Å²) >= 11 is 0. The molecule has 0 aliphatic rings. The van der Waals surface area contributed by atoms with Crippen LogP contribution in [0.5, 0.6) is 5.75 Å². The average Bonchev–Trinajstić information content (AvgIpc) is 2.96. The molecular formula is C14H18N4O2. The number of nitrogens with one attached hydrogen (secondary N) is 1. The lowest BCUT2D eigenvalue weighted by atomic mass is 10.2. The monoisotopic (exact) mass is 274 g/mol. The molecule has 0 radical (unpaired) electrons. The minimum absolute atomic E-state index is 0.173. The maximum absolute atomic E-state index is 12.3. The minimum atomic E-state index is -0.252. The quantitative estimate of drug-likeness (QED) is 0.928. The third-order valence-electron chi connectivity index (χ3n) is 3.01. The fourth-order valence-corrected chi connectivity index (χ4v) is 1.70. The Kier molecular flexibility index (Phi) is 4.02. The third kappa shape index (κ3) is 2.79. The van der Waals surface area contributed by atoms with E-state index in [9.17, 15) is 4.79 Å². The van der Waals surface area contributed by atoms with Crippen LogP contribution in [0.4, 0.5) is 5.69 Å². The van der Waals surface area contributed by atoms with Crippen molar-refractivity contribution in [2.75, 3.05) is 19.1 Å². The Balaban J connectivity index is 2.18. The maximum Gasteiger partial charge on any atom is 0.297 e. The number of aromatic amines is 1. The van der Waals surface area contributed by atoms with Gasteiger partial charge in [-0.3, -0.25) is 9.89 Å². The summed E-state index contributed by atoms with van der Waals surface area (Å²) in [4.78, 5) is 18.0. The molecule has 2 rings (SSSR count). The highest BCUT2D eigenvalue weighted by Crippen LogP contribution is 2.19. The van der Waals surface area contributed by atoms with E-state index in [1.807, 2.05) is 26.0 Å². The Morgan fingerprint density at radius 1 is 1.30 bits per heavy atom. The molecule has 0 bridgehead atoms. The van der Waals surface area contributed by atoms with Crippen molar-refractivity contribution < 1.29 is 9.53 Å². The van der Waals surface area contributed by atoms with Crippen LogP contribution >= 0.6 is 0 Å². The molecule has 0 saturated carbocycles. The van der Waals surface area contributed by atoms with Gasteiger partial charge in [0.15, 0.2) is 0 Å². The first-order valence-electron chi connectivity index (χ1n) is 6.37. The summed E-state index contributed by atoms with van der Waals surface area (Å²) in [7, 11) is 3.29. The molecule has 1 N–H and O–H groups in total. The van der Waals surface area contributed by atoms with E-state index in [0.717, 1.165) is 11.4 Å². The first-order valence-corrected chi connectivity index (χ1v) is 6.37. The van der Waals surface area contributed by atoms with E-state index < -0.39 is 0 Å². The van der Waals surface area contributed by atoms with E-state index in [0.29, 0.717) is 5.82 Å². The summed E-state index contributed by atoms with van der Waals surface area (Å²) in [5.41, 5.74) is 0.756. The predicted molar refractivity (Wildman–Crippen MR) is 76.2 cm³/mol. The Morgan fingerprint density at radius 3 is 2.45 bits per heavy atom. The van der Waals surface area contributed by atoms with E-state index in [-0.39, 0.29) is 17.6 Å². The van der Waals surface area contributed by atoms with E-state index >= 15 is 0 Å². The first-order chi connectivity index (χ1) is 9.52. The molecule has 6 heteroatoms. The second-order valence-electron chi connectivity index (χ2n) is 4.76.